The van der Waals surface area contributed by atoms with Crippen LogP contribution in [0.2, 0.25) is 0 Å². The standard InChI is InChI=1S/C24H33N3O2S/c1-18(28)30-17-14-23(29)25-15-8-2-3-9-16-26-24-19-10-4-6-12-21(19)27-22-13-7-5-11-20(22)24/h4,6,10,12H,2-3,5,7-9,11,13-17H2,1H3,(H,25,29)(H,26,27). The summed E-state index contributed by atoms with van der Waals surface area (Å²) in [6, 6.07) is 8.45. The van der Waals surface area contributed by atoms with Crippen LogP contribution in [0.25, 0.3) is 10.9 Å². The minimum absolute atomic E-state index is 0.0414. The SMILES string of the molecule is CC(=O)SCCC(=O)NCCCCCCNc1c2c(nc3ccccc13)CCCC2. The lowest BCUT2D eigenvalue weighted by Crippen LogP contribution is -2.24. The van der Waals surface area contributed by atoms with Gasteiger partial charge in [0, 0.05) is 49.0 Å². The maximum atomic E-state index is 11.7. The van der Waals surface area contributed by atoms with E-state index in [1.807, 2.05) is 0 Å². The van der Waals surface area contributed by atoms with Crippen molar-refractivity contribution in [1.29, 1.82) is 0 Å². The first-order chi connectivity index (χ1) is 14.6. The number of nitrogens with zero attached hydrogens (tertiary/aromatic N) is 1. The fraction of sp³-hybridized carbons (Fsp3) is 0.542. The normalized spacial score (nSPS) is 13.1. The Labute approximate surface area is 183 Å². The number of amides is 1. The first-order valence-corrected chi connectivity index (χ1v) is 12.2. The third-order valence-electron chi connectivity index (χ3n) is 5.53. The molecule has 0 aliphatic heterocycles. The molecule has 30 heavy (non-hydrogen) atoms. The molecule has 5 nitrogen and oxygen atoms in total. The van der Waals surface area contributed by atoms with Gasteiger partial charge < -0.3 is 10.6 Å². The number of thioether (sulfide) groups is 1. The molecule has 1 aliphatic carbocycles. The third-order valence-corrected chi connectivity index (χ3v) is 6.35. The summed E-state index contributed by atoms with van der Waals surface area (Å²) in [4.78, 5) is 27.5. The lowest BCUT2D eigenvalue weighted by Gasteiger charge is -2.21. The van der Waals surface area contributed by atoms with Crippen LogP contribution in [-0.2, 0) is 22.4 Å². The van der Waals surface area contributed by atoms with E-state index in [9.17, 15) is 9.59 Å². The van der Waals surface area contributed by atoms with Crippen molar-refractivity contribution in [1.82, 2.24) is 10.3 Å². The molecule has 2 N–H and O–H groups in total. The molecule has 0 spiro atoms. The topological polar surface area (TPSA) is 71.1 Å². The highest BCUT2D eigenvalue weighted by molar-refractivity contribution is 8.13. The second-order valence-electron chi connectivity index (χ2n) is 7.92. The van der Waals surface area contributed by atoms with Gasteiger partial charge in [-0.1, -0.05) is 42.8 Å². The number of hydrogen-bond acceptors (Lipinski definition) is 5. The van der Waals surface area contributed by atoms with Crippen LogP contribution in [-0.4, -0.2) is 34.8 Å². The molecule has 3 rings (SSSR count). The highest BCUT2D eigenvalue weighted by atomic mass is 32.2. The van der Waals surface area contributed by atoms with E-state index in [-0.39, 0.29) is 11.0 Å². The average molecular weight is 428 g/mol. The number of para-hydroxylation sites is 1. The van der Waals surface area contributed by atoms with Gasteiger partial charge in [0.1, 0.15) is 0 Å². The van der Waals surface area contributed by atoms with Crippen LogP contribution >= 0.6 is 11.8 Å². The second-order valence-corrected chi connectivity index (χ2v) is 9.19. The molecule has 1 heterocycles. The van der Waals surface area contributed by atoms with Gasteiger partial charge in [-0.3, -0.25) is 14.6 Å². The summed E-state index contributed by atoms with van der Waals surface area (Å²) in [6.07, 6.45) is 9.50. The Balaban J connectivity index is 1.37. The molecule has 1 aromatic heterocycles. The summed E-state index contributed by atoms with van der Waals surface area (Å²) in [5, 5.41) is 7.96. The Bertz CT molecular complexity index is 869. The molecular formula is C24H33N3O2S. The fourth-order valence-electron chi connectivity index (χ4n) is 4.00. The number of fused-ring (bicyclic) bond motifs is 2. The van der Waals surface area contributed by atoms with Crippen molar-refractivity contribution in [2.45, 2.75) is 64.7 Å². The first-order valence-electron chi connectivity index (χ1n) is 11.2. The number of aryl methyl sites for hydroxylation is 1. The Morgan fingerprint density at radius 3 is 2.63 bits per heavy atom. The number of aromatic nitrogens is 1. The Morgan fingerprint density at radius 1 is 1.03 bits per heavy atom. The number of carbonyl (C=O) groups excluding carboxylic acids is 2. The number of nitrogens with one attached hydrogen (secondary N) is 2. The van der Waals surface area contributed by atoms with E-state index in [0.717, 1.165) is 57.1 Å². The van der Waals surface area contributed by atoms with Crippen molar-refractivity contribution >= 4 is 39.4 Å². The quantitative estimate of drug-likeness (QED) is 0.501. The van der Waals surface area contributed by atoms with E-state index in [2.05, 4.69) is 34.9 Å². The van der Waals surface area contributed by atoms with E-state index in [1.165, 1.54) is 53.9 Å². The zero-order chi connectivity index (χ0) is 21.2. The van der Waals surface area contributed by atoms with Gasteiger partial charge in [-0.05, 0) is 50.2 Å². The smallest absolute Gasteiger partial charge is 0.220 e. The van der Waals surface area contributed by atoms with Gasteiger partial charge >= 0.3 is 0 Å². The molecule has 162 valence electrons. The molecule has 2 aromatic rings. The molecule has 0 atom stereocenters. The highest BCUT2D eigenvalue weighted by Gasteiger charge is 2.17. The molecule has 0 saturated carbocycles. The van der Waals surface area contributed by atoms with Crippen LogP contribution in [0.4, 0.5) is 5.69 Å². The van der Waals surface area contributed by atoms with Crippen LogP contribution in [0.5, 0.6) is 0 Å². The summed E-state index contributed by atoms with van der Waals surface area (Å²) in [6.45, 7) is 3.22. The Kier molecular flexibility index (Phi) is 9.00. The Morgan fingerprint density at radius 2 is 1.80 bits per heavy atom. The molecule has 0 bridgehead atoms. The molecule has 6 heteroatoms. The largest absolute Gasteiger partial charge is 0.384 e. The minimum atomic E-state index is 0.0414. The third kappa shape index (κ3) is 6.73. The van der Waals surface area contributed by atoms with E-state index >= 15 is 0 Å². The molecule has 0 fully saturated rings. The number of carbonyl (C=O) groups is 2. The summed E-state index contributed by atoms with van der Waals surface area (Å²) in [5.74, 6) is 0.611. The van der Waals surface area contributed by atoms with Gasteiger partial charge in [0.2, 0.25) is 5.91 Å². The fourth-order valence-corrected chi connectivity index (χ4v) is 4.57. The first kappa shape index (κ1) is 22.6. The molecule has 1 aliphatic rings. The van der Waals surface area contributed by atoms with Crippen LogP contribution in [0, 0.1) is 0 Å². The molecule has 1 aromatic carbocycles. The summed E-state index contributed by atoms with van der Waals surface area (Å²) in [5.41, 5.74) is 5.09. The van der Waals surface area contributed by atoms with Crippen molar-refractivity contribution < 1.29 is 9.59 Å². The van der Waals surface area contributed by atoms with Crippen molar-refractivity contribution in [3.63, 3.8) is 0 Å². The van der Waals surface area contributed by atoms with Gasteiger partial charge in [0.15, 0.2) is 5.12 Å². The molecule has 1 amide bonds. The number of hydrogen-bond donors (Lipinski definition) is 2. The van der Waals surface area contributed by atoms with Gasteiger partial charge in [-0.2, -0.15) is 0 Å². The number of benzene rings is 1. The predicted molar refractivity (Wildman–Crippen MR) is 126 cm³/mol. The number of anilines is 1. The summed E-state index contributed by atoms with van der Waals surface area (Å²) >= 11 is 1.21. The van der Waals surface area contributed by atoms with Crippen LogP contribution in [0.1, 0.15) is 63.1 Å². The van der Waals surface area contributed by atoms with E-state index in [0.29, 0.717) is 12.2 Å². The predicted octanol–water partition coefficient (Wildman–Crippen LogP) is 4.87. The van der Waals surface area contributed by atoms with E-state index < -0.39 is 0 Å². The number of rotatable bonds is 11. The van der Waals surface area contributed by atoms with Gasteiger partial charge in [-0.25, -0.2) is 0 Å². The van der Waals surface area contributed by atoms with Gasteiger partial charge in [0.25, 0.3) is 0 Å². The maximum absolute atomic E-state index is 11.7. The van der Waals surface area contributed by atoms with Gasteiger partial charge in [0.05, 0.1) is 5.52 Å². The molecule has 0 unspecified atom stereocenters. The zero-order valence-corrected chi connectivity index (χ0v) is 18.8. The minimum Gasteiger partial charge on any atom is -0.384 e. The van der Waals surface area contributed by atoms with Crippen LogP contribution < -0.4 is 10.6 Å². The molecule has 0 radical (unpaired) electrons. The number of pyridine rings is 1. The lowest BCUT2D eigenvalue weighted by atomic mass is 9.92. The second kappa shape index (κ2) is 11.9. The maximum Gasteiger partial charge on any atom is 0.220 e. The van der Waals surface area contributed by atoms with Crippen molar-refractivity contribution in [3.05, 3.63) is 35.5 Å². The molecule has 0 saturated heterocycles. The van der Waals surface area contributed by atoms with Gasteiger partial charge in [-0.15, -0.1) is 0 Å². The van der Waals surface area contributed by atoms with Crippen LogP contribution in [0.15, 0.2) is 24.3 Å². The zero-order valence-electron chi connectivity index (χ0n) is 18.0. The highest BCUT2D eigenvalue weighted by Crippen LogP contribution is 2.33. The lowest BCUT2D eigenvalue weighted by molar-refractivity contribution is -0.120. The molecular weight excluding hydrogens is 394 g/mol. The van der Waals surface area contributed by atoms with Crippen molar-refractivity contribution in [3.8, 4) is 0 Å². The average Bonchev–Trinajstić information content (AvgIpc) is 2.74. The number of unbranched alkanes of at least 4 members (excludes halogenated alkanes) is 3. The monoisotopic (exact) mass is 427 g/mol. The van der Waals surface area contributed by atoms with Crippen molar-refractivity contribution in [2.24, 2.45) is 0 Å². The van der Waals surface area contributed by atoms with Crippen molar-refractivity contribution in [2.75, 3.05) is 24.2 Å². The Hall–Kier alpha value is -2.08. The summed E-state index contributed by atoms with van der Waals surface area (Å²) < 4.78 is 0. The summed E-state index contributed by atoms with van der Waals surface area (Å²) in [7, 11) is 0. The van der Waals surface area contributed by atoms with E-state index in [1.54, 1.807) is 0 Å². The van der Waals surface area contributed by atoms with Crippen LogP contribution in [0.3, 0.4) is 0 Å². The van der Waals surface area contributed by atoms with E-state index in [4.69, 9.17) is 4.98 Å².